The lowest BCUT2D eigenvalue weighted by Crippen LogP contribution is -2.42. The molecule has 0 fully saturated rings. The molecule has 1 unspecified atom stereocenters. The van der Waals surface area contributed by atoms with Gasteiger partial charge in [0, 0.05) is 6.42 Å². The molecule has 0 bridgehead atoms. The molecule has 2 N–H and O–H groups in total. The highest BCUT2D eigenvalue weighted by Gasteiger charge is 2.28. The van der Waals surface area contributed by atoms with Crippen molar-refractivity contribution in [2.75, 3.05) is 13.0 Å². The summed E-state index contributed by atoms with van der Waals surface area (Å²) in [6.45, 7) is -0.610. The smallest absolute Gasteiger partial charge is 0.459 e. The Morgan fingerprint density at radius 2 is 1.48 bits per heavy atom. The van der Waals surface area contributed by atoms with Crippen LogP contribution in [0.25, 0.3) is 0 Å². The van der Waals surface area contributed by atoms with E-state index < -0.39 is 32.9 Å². The highest BCUT2D eigenvalue weighted by atomic mass is 31.1. The Kier molecular flexibility index (Phi) is 9.78. The van der Waals surface area contributed by atoms with Crippen LogP contribution in [-0.4, -0.2) is 36.2 Å². The zero-order valence-corrected chi connectivity index (χ0v) is 16.6. The molecule has 0 radical (unpaired) electrons. The molecule has 2 atom stereocenters. The number of esters is 1. The van der Waals surface area contributed by atoms with E-state index in [2.05, 4.69) is 9.84 Å². The fourth-order valence-electron chi connectivity index (χ4n) is 2.35. The van der Waals surface area contributed by atoms with Crippen molar-refractivity contribution in [1.82, 2.24) is 5.32 Å². The Morgan fingerprint density at radius 3 is 2.03 bits per heavy atom. The van der Waals surface area contributed by atoms with E-state index in [9.17, 15) is 14.2 Å². The number of rotatable bonds is 11. The van der Waals surface area contributed by atoms with Gasteiger partial charge in [0.1, 0.15) is 19.3 Å². The molecule has 2 rings (SSSR count). The van der Waals surface area contributed by atoms with E-state index in [0.29, 0.717) is 0 Å². The monoisotopic (exact) mass is 420 g/mol. The van der Waals surface area contributed by atoms with Crippen LogP contribution in [0, 0.1) is 0 Å². The molecule has 8 nitrogen and oxygen atoms in total. The van der Waals surface area contributed by atoms with E-state index in [1.54, 1.807) is 24.3 Å². The average Bonchev–Trinajstić information content (AvgIpc) is 2.75. The van der Waals surface area contributed by atoms with Crippen LogP contribution in [0.4, 0.5) is 4.79 Å². The third kappa shape index (κ3) is 8.83. The molecule has 0 spiro atoms. The van der Waals surface area contributed by atoms with Gasteiger partial charge in [-0.05, 0) is 15.7 Å². The molecule has 154 valence electrons. The third-order valence-corrected chi connectivity index (χ3v) is 4.84. The van der Waals surface area contributed by atoms with Crippen molar-refractivity contribution in [3.8, 4) is 0 Å². The van der Waals surface area contributed by atoms with Gasteiger partial charge in [-0.15, -0.1) is 4.52 Å². The Labute approximate surface area is 169 Å². The predicted molar refractivity (Wildman–Crippen MR) is 105 cm³/mol. The summed E-state index contributed by atoms with van der Waals surface area (Å²) in [5.74, 6) is -0.682. The number of hydrogen-bond donors (Lipinski definition) is 2. The van der Waals surface area contributed by atoms with Gasteiger partial charge in [-0.3, -0.25) is 0 Å². The Balaban J connectivity index is 1.90. The van der Waals surface area contributed by atoms with Crippen molar-refractivity contribution < 1.29 is 33.3 Å². The Hall–Kier alpha value is -2.80. The first-order chi connectivity index (χ1) is 14.1. The van der Waals surface area contributed by atoms with Gasteiger partial charge >= 0.3 is 20.1 Å². The molecule has 2 aromatic rings. The summed E-state index contributed by atoms with van der Waals surface area (Å²) in [7, 11) is -2.16. The minimum atomic E-state index is -2.16. The van der Waals surface area contributed by atoms with Gasteiger partial charge in [0.15, 0.2) is 13.0 Å². The van der Waals surface area contributed by atoms with Crippen molar-refractivity contribution in [2.24, 2.45) is 0 Å². The van der Waals surface area contributed by atoms with Crippen LogP contribution >= 0.6 is 8.03 Å². The molecule has 0 heterocycles. The number of aliphatic hydroxyl groups is 1. The number of nitrogens with one attached hydrogen (secondary N) is 1. The number of hydrogen-bond acceptors (Lipinski definition) is 7. The average molecular weight is 420 g/mol. The summed E-state index contributed by atoms with van der Waals surface area (Å²) < 4.78 is 26.6. The first-order valence-electron chi connectivity index (χ1n) is 8.94. The topological polar surface area (TPSA) is 111 Å². The van der Waals surface area contributed by atoms with E-state index in [4.69, 9.17) is 14.6 Å². The number of benzene rings is 2. The molecule has 9 heteroatoms. The Morgan fingerprint density at radius 1 is 0.931 bits per heavy atom. The Bertz CT molecular complexity index is 786. The molecular weight excluding hydrogens is 397 g/mol. The summed E-state index contributed by atoms with van der Waals surface area (Å²) in [5, 5.41) is 11.1. The van der Waals surface area contributed by atoms with Gasteiger partial charge in [0.2, 0.25) is 0 Å². The maximum Gasteiger partial charge on any atom is 0.510 e. The molecule has 0 aromatic heterocycles. The first-order valence-corrected chi connectivity index (χ1v) is 10.3. The largest absolute Gasteiger partial charge is 0.510 e. The van der Waals surface area contributed by atoms with Crippen LogP contribution in [0.3, 0.4) is 0 Å². The standard InChI is InChI=1S/C20H22NO7P/c22-15-28-29(25)12-11-18(19(23)26-13-16-7-3-1-4-8-16)21-20(24)27-14-17-9-5-2-6-10-17/h1-10,18,22H,11-15H2/p+1/t18-/m0/s1. The van der Waals surface area contributed by atoms with Gasteiger partial charge in [-0.25, -0.2) is 9.59 Å². The number of aliphatic hydroxyl groups excluding tert-OH is 1. The van der Waals surface area contributed by atoms with Crippen LogP contribution in [0.5, 0.6) is 0 Å². The van der Waals surface area contributed by atoms with E-state index in [0.717, 1.165) is 11.1 Å². The number of ether oxygens (including phenoxy) is 2. The van der Waals surface area contributed by atoms with E-state index in [1.165, 1.54) is 0 Å². The molecule has 0 saturated carbocycles. The maximum atomic E-state index is 12.4. The molecule has 29 heavy (non-hydrogen) atoms. The van der Waals surface area contributed by atoms with Crippen LogP contribution in [0.2, 0.25) is 0 Å². The second kappa shape index (κ2) is 12.6. The second-order valence-corrected chi connectivity index (χ2v) is 7.33. The van der Waals surface area contributed by atoms with Gasteiger partial charge in [-0.1, -0.05) is 60.7 Å². The highest BCUT2D eigenvalue weighted by Crippen LogP contribution is 2.23. The fourth-order valence-corrected chi connectivity index (χ4v) is 3.08. The van der Waals surface area contributed by atoms with Crippen molar-refractivity contribution in [2.45, 2.75) is 25.7 Å². The SMILES string of the molecule is O=C(N[C@@H](CC[P+](=O)OCO)C(=O)OCc1ccccc1)OCc1ccccc1. The summed E-state index contributed by atoms with van der Waals surface area (Å²) in [4.78, 5) is 24.5. The number of alkyl carbamates (subject to hydrolysis) is 1. The summed E-state index contributed by atoms with van der Waals surface area (Å²) in [5.41, 5.74) is 1.59. The quantitative estimate of drug-likeness (QED) is 0.326. The molecule has 0 aliphatic heterocycles. The predicted octanol–water partition coefficient (Wildman–Crippen LogP) is 3.12. The van der Waals surface area contributed by atoms with Gasteiger partial charge in [0.25, 0.3) is 0 Å². The van der Waals surface area contributed by atoms with Crippen molar-refractivity contribution in [3.05, 3.63) is 71.8 Å². The van der Waals surface area contributed by atoms with E-state index >= 15 is 0 Å². The summed E-state index contributed by atoms with van der Waals surface area (Å²) in [6, 6.07) is 17.1. The first kappa shape index (κ1) is 22.5. The number of carbonyl (C=O) groups is 2. The lowest BCUT2D eigenvalue weighted by Gasteiger charge is -2.16. The van der Waals surface area contributed by atoms with Crippen molar-refractivity contribution in [1.29, 1.82) is 0 Å². The molecule has 2 aromatic carbocycles. The highest BCUT2D eigenvalue weighted by molar-refractivity contribution is 7.39. The summed E-state index contributed by atoms with van der Waals surface area (Å²) in [6.07, 6.45) is -0.836. The second-order valence-electron chi connectivity index (χ2n) is 5.96. The van der Waals surface area contributed by atoms with Crippen LogP contribution in [-0.2, 0) is 36.6 Å². The van der Waals surface area contributed by atoms with E-state index in [-0.39, 0.29) is 25.8 Å². The molecule has 0 saturated heterocycles. The van der Waals surface area contributed by atoms with Crippen LogP contribution in [0.1, 0.15) is 17.5 Å². The van der Waals surface area contributed by atoms with Crippen molar-refractivity contribution >= 4 is 20.1 Å². The van der Waals surface area contributed by atoms with Gasteiger partial charge < -0.3 is 19.9 Å². The number of amides is 1. The normalized spacial score (nSPS) is 12.0. The van der Waals surface area contributed by atoms with Crippen molar-refractivity contribution in [3.63, 3.8) is 0 Å². The van der Waals surface area contributed by atoms with E-state index in [1.807, 2.05) is 36.4 Å². The molecule has 0 aliphatic carbocycles. The zero-order valence-electron chi connectivity index (χ0n) is 15.7. The fraction of sp³-hybridized carbons (Fsp3) is 0.300. The molecular formula is C20H23NO7P+. The van der Waals surface area contributed by atoms with Crippen LogP contribution in [0.15, 0.2) is 60.7 Å². The lowest BCUT2D eigenvalue weighted by atomic mass is 10.2. The minimum absolute atomic E-state index is 0.00324. The van der Waals surface area contributed by atoms with Gasteiger partial charge in [0.05, 0.1) is 0 Å². The third-order valence-electron chi connectivity index (χ3n) is 3.82. The van der Waals surface area contributed by atoms with Crippen LogP contribution < -0.4 is 5.32 Å². The minimum Gasteiger partial charge on any atom is -0.459 e. The van der Waals surface area contributed by atoms with Gasteiger partial charge in [-0.2, -0.15) is 0 Å². The summed E-state index contributed by atoms with van der Waals surface area (Å²) >= 11 is 0. The zero-order chi connectivity index (χ0) is 20.9. The molecule has 0 aliphatic rings. The lowest BCUT2D eigenvalue weighted by molar-refractivity contribution is -0.147. The maximum absolute atomic E-state index is 12.4. The number of carbonyl (C=O) groups excluding carboxylic acids is 2. The molecule has 1 amide bonds.